The number of likely N-dealkylation sites (N-methyl/N-ethyl adjacent to an activating group) is 1. The Morgan fingerprint density at radius 2 is 1.54 bits per heavy atom. The van der Waals surface area contributed by atoms with Crippen molar-refractivity contribution in [2.75, 3.05) is 13.6 Å². The highest BCUT2D eigenvalue weighted by atomic mass is 16.2. The fourth-order valence-corrected chi connectivity index (χ4v) is 2.87. The van der Waals surface area contributed by atoms with E-state index >= 15 is 0 Å². The maximum atomic E-state index is 12.0. The number of carbonyl (C=O) groups excluding carboxylic acids is 2. The van der Waals surface area contributed by atoms with Gasteiger partial charge in [0.1, 0.15) is 6.54 Å². The van der Waals surface area contributed by atoms with E-state index < -0.39 is 0 Å². The van der Waals surface area contributed by atoms with E-state index in [1.165, 1.54) is 16.3 Å². The van der Waals surface area contributed by atoms with Crippen molar-refractivity contribution in [2.24, 2.45) is 0 Å². The topological polar surface area (TPSA) is 62.6 Å². The van der Waals surface area contributed by atoms with Gasteiger partial charge in [-0.15, -0.1) is 0 Å². The predicted octanol–water partition coefficient (Wildman–Crippen LogP) is 1.32. The van der Waals surface area contributed by atoms with Gasteiger partial charge in [0.25, 0.3) is 11.8 Å². The Kier molecular flexibility index (Phi) is 5.61. The SMILES string of the molecule is C[NH+](CC(=O)NNC(=O)c1ccccc1)Cc1ccc2ccccc2c1. The molecule has 2 amide bonds. The highest BCUT2D eigenvalue weighted by molar-refractivity contribution is 5.95. The molecule has 3 aromatic rings. The molecule has 26 heavy (non-hydrogen) atoms. The monoisotopic (exact) mass is 348 g/mol. The average molecular weight is 348 g/mol. The number of amides is 2. The molecule has 3 N–H and O–H groups in total. The Labute approximate surface area is 152 Å². The van der Waals surface area contributed by atoms with E-state index in [9.17, 15) is 9.59 Å². The summed E-state index contributed by atoms with van der Waals surface area (Å²) in [5, 5.41) is 2.40. The van der Waals surface area contributed by atoms with Crippen LogP contribution in [0.5, 0.6) is 0 Å². The second kappa shape index (κ2) is 8.27. The molecule has 0 saturated heterocycles. The fraction of sp³-hybridized carbons (Fsp3) is 0.143. The molecule has 0 aliphatic rings. The van der Waals surface area contributed by atoms with E-state index in [-0.39, 0.29) is 18.4 Å². The largest absolute Gasteiger partial charge is 0.326 e. The number of hydrazine groups is 1. The number of hydrogen-bond donors (Lipinski definition) is 3. The molecule has 0 aliphatic carbocycles. The van der Waals surface area contributed by atoms with E-state index in [2.05, 4.69) is 41.2 Å². The van der Waals surface area contributed by atoms with E-state index in [4.69, 9.17) is 0 Å². The van der Waals surface area contributed by atoms with Crippen LogP contribution in [0.4, 0.5) is 0 Å². The lowest BCUT2D eigenvalue weighted by Gasteiger charge is -2.14. The van der Waals surface area contributed by atoms with Crippen molar-refractivity contribution < 1.29 is 14.5 Å². The molecule has 3 aromatic carbocycles. The Balaban J connectivity index is 1.49. The molecule has 0 bridgehead atoms. The van der Waals surface area contributed by atoms with Gasteiger partial charge >= 0.3 is 0 Å². The zero-order chi connectivity index (χ0) is 18.4. The van der Waals surface area contributed by atoms with Crippen molar-refractivity contribution in [3.63, 3.8) is 0 Å². The maximum absolute atomic E-state index is 12.0. The van der Waals surface area contributed by atoms with Crippen molar-refractivity contribution in [1.29, 1.82) is 0 Å². The molecule has 3 rings (SSSR count). The van der Waals surface area contributed by atoms with Crippen LogP contribution in [0.2, 0.25) is 0 Å². The van der Waals surface area contributed by atoms with Crippen molar-refractivity contribution in [1.82, 2.24) is 10.9 Å². The molecule has 1 unspecified atom stereocenters. The van der Waals surface area contributed by atoms with E-state index in [1.807, 2.05) is 25.2 Å². The molecule has 132 valence electrons. The van der Waals surface area contributed by atoms with Crippen LogP contribution >= 0.6 is 0 Å². The minimum atomic E-state index is -0.328. The Morgan fingerprint density at radius 3 is 2.31 bits per heavy atom. The van der Waals surface area contributed by atoms with Crippen LogP contribution in [0.15, 0.2) is 72.8 Å². The Bertz CT molecular complexity index is 909. The predicted molar refractivity (Wildman–Crippen MR) is 101 cm³/mol. The molecule has 0 fully saturated rings. The van der Waals surface area contributed by atoms with Crippen LogP contribution in [0.1, 0.15) is 15.9 Å². The Hall–Kier alpha value is -3.18. The molecule has 0 aliphatic heterocycles. The summed E-state index contributed by atoms with van der Waals surface area (Å²) < 4.78 is 0. The standard InChI is InChI=1S/C21H21N3O2/c1-24(14-16-11-12-17-7-5-6-10-19(17)13-16)15-20(25)22-23-21(26)18-8-3-2-4-9-18/h2-13H,14-15H2,1H3,(H,22,25)(H,23,26)/p+1. The first kappa shape index (κ1) is 17.6. The van der Waals surface area contributed by atoms with Gasteiger partial charge in [-0.1, -0.05) is 54.6 Å². The van der Waals surface area contributed by atoms with Gasteiger partial charge in [-0.3, -0.25) is 20.4 Å². The van der Waals surface area contributed by atoms with E-state index in [0.29, 0.717) is 5.56 Å². The smallest absolute Gasteiger partial charge is 0.293 e. The van der Waals surface area contributed by atoms with Gasteiger partial charge in [-0.05, 0) is 29.0 Å². The zero-order valence-electron chi connectivity index (χ0n) is 14.7. The van der Waals surface area contributed by atoms with Gasteiger partial charge in [-0.25, -0.2) is 0 Å². The van der Waals surface area contributed by atoms with Crippen molar-refractivity contribution in [3.05, 3.63) is 83.9 Å². The van der Waals surface area contributed by atoms with Crippen LogP contribution in [0.3, 0.4) is 0 Å². The molecule has 0 radical (unpaired) electrons. The van der Waals surface area contributed by atoms with Gasteiger partial charge < -0.3 is 4.90 Å². The quantitative estimate of drug-likeness (QED) is 0.609. The van der Waals surface area contributed by atoms with Crippen molar-refractivity contribution in [2.45, 2.75) is 6.54 Å². The number of carbonyl (C=O) groups is 2. The van der Waals surface area contributed by atoms with Gasteiger partial charge in [0, 0.05) is 11.1 Å². The molecule has 5 nitrogen and oxygen atoms in total. The molecular weight excluding hydrogens is 326 g/mol. The Morgan fingerprint density at radius 1 is 0.846 bits per heavy atom. The van der Waals surface area contributed by atoms with Crippen molar-refractivity contribution in [3.8, 4) is 0 Å². The van der Waals surface area contributed by atoms with Crippen LogP contribution < -0.4 is 15.8 Å². The summed E-state index contributed by atoms with van der Waals surface area (Å²) in [6.45, 7) is 0.993. The van der Waals surface area contributed by atoms with Crippen LogP contribution in [-0.2, 0) is 11.3 Å². The molecule has 0 spiro atoms. The minimum Gasteiger partial charge on any atom is -0.326 e. The highest BCUT2D eigenvalue weighted by Gasteiger charge is 2.12. The second-order valence-electron chi connectivity index (χ2n) is 6.36. The maximum Gasteiger partial charge on any atom is 0.293 e. The number of hydrogen-bond acceptors (Lipinski definition) is 2. The number of benzene rings is 3. The van der Waals surface area contributed by atoms with Gasteiger partial charge in [0.15, 0.2) is 6.54 Å². The average Bonchev–Trinajstić information content (AvgIpc) is 2.66. The van der Waals surface area contributed by atoms with Crippen LogP contribution in [0, 0.1) is 0 Å². The normalized spacial score (nSPS) is 11.7. The molecule has 0 heterocycles. The summed E-state index contributed by atoms with van der Waals surface area (Å²) in [6, 6.07) is 23.3. The van der Waals surface area contributed by atoms with E-state index in [1.54, 1.807) is 24.3 Å². The second-order valence-corrected chi connectivity index (χ2v) is 6.36. The first-order chi connectivity index (χ1) is 12.6. The number of quaternary nitrogens is 1. The molecule has 0 aromatic heterocycles. The summed E-state index contributed by atoms with van der Waals surface area (Å²) in [5.41, 5.74) is 6.58. The lowest BCUT2D eigenvalue weighted by Crippen LogP contribution is -3.09. The minimum absolute atomic E-state index is 0.229. The summed E-state index contributed by atoms with van der Waals surface area (Å²) in [6.07, 6.45) is 0. The summed E-state index contributed by atoms with van der Waals surface area (Å²) in [4.78, 5) is 25.0. The number of fused-ring (bicyclic) bond motifs is 1. The molecule has 5 heteroatoms. The van der Waals surface area contributed by atoms with Crippen LogP contribution in [-0.4, -0.2) is 25.4 Å². The highest BCUT2D eigenvalue weighted by Crippen LogP contribution is 2.14. The zero-order valence-corrected chi connectivity index (χ0v) is 14.7. The van der Waals surface area contributed by atoms with Gasteiger partial charge in [0.05, 0.1) is 7.05 Å². The van der Waals surface area contributed by atoms with Crippen molar-refractivity contribution >= 4 is 22.6 Å². The summed E-state index contributed by atoms with van der Waals surface area (Å²) in [7, 11) is 1.95. The molecule has 1 atom stereocenters. The van der Waals surface area contributed by atoms with E-state index in [0.717, 1.165) is 11.4 Å². The lowest BCUT2D eigenvalue weighted by molar-refractivity contribution is -0.885. The van der Waals surface area contributed by atoms with Crippen LogP contribution in [0.25, 0.3) is 10.8 Å². The summed E-state index contributed by atoms with van der Waals surface area (Å²) in [5.74, 6) is -0.557. The first-order valence-electron chi connectivity index (χ1n) is 8.55. The molecule has 0 saturated carbocycles. The third-order valence-corrected chi connectivity index (χ3v) is 4.13. The fourth-order valence-electron chi connectivity index (χ4n) is 2.87. The number of rotatable bonds is 5. The molecular formula is C21H22N3O2+. The number of nitrogens with one attached hydrogen (secondary N) is 3. The first-order valence-corrected chi connectivity index (χ1v) is 8.55. The summed E-state index contributed by atoms with van der Waals surface area (Å²) >= 11 is 0. The van der Waals surface area contributed by atoms with Gasteiger partial charge in [-0.2, -0.15) is 0 Å². The van der Waals surface area contributed by atoms with Gasteiger partial charge in [0.2, 0.25) is 0 Å². The lowest BCUT2D eigenvalue weighted by atomic mass is 10.1. The third kappa shape index (κ3) is 4.68. The third-order valence-electron chi connectivity index (χ3n) is 4.13.